The molecule has 0 atom stereocenters. The van der Waals surface area contributed by atoms with E-state index in [0.29, 0.717) is 22.6 Å². The van der Waals surface area contributed by atoms with Crippen molar-refractivity contribution in [3.63, 3.8) is 0 Å². The fraction of sp³-hybridized carbons (Fsp3) is 0.158. The minimum absolute atomic E-state index is 0.0483. The summed E-state index contributed by atoms with van der Waals surface area (Å²) in [6.07, 6.45) is 2.93. The van der Waals surface area contributed by atoms with E-state index >= 15 is 0 Å². The monoisotopic (exact) mass is 323 g/mol. The second-order valence-electron chi connectivity index (χ2n) is 4.82. The smallest absolute Gasteiger partial charge is 0.331 e. The summed E-state index contributed by atoms with van der Waals surface area (Å²) >= 11 is 0. The molecule has 0 N–H and O–H groups in total. The first-order valence-electron chi connectivity index (χ1n) is 7.22. The molecule has 0 spiro atoms. The summed E-state index contributed by atoms with van der Waals surface area (Å²) in [6, 6.07) is 14.3. The highest BCUT2D eigenvalue weighted by atomic mass is 16.5. The van der Waals surface area contributed by atoms with Crippen LogP contribution in [-0.4, -0.2) is 20.2 Å². The molecule has 24 heavy (non-hydrogen) atoms. The van der Waals surface area contributed by atoms with Crippen molar-refractivity contribution in [2.24, 2.45) is 0 Å². The van der Waals surface area contributed by atoms with E-state index in [4.69, 9.17) is 19.5 Å². The van der Waals surface area contributed by atoms with Crippen molar-refractivity contribution >= 4 is 12.0 Å². The van der Waals surface area contributed by atoms with Crippen LogP contribution < -0.4 is 9.47 Å². The van der Waals surface area contributed by atoms with E-state index in [1.807, 2.05) is 0 Å². The molecule has 0 heterocycles. The Morgan fingerprint density at radius 3 is 2.67 bits per heavy atom. The minimum Gasteiger partial charge on any atom is -0.497 e. The number of nitrogens with zero attached hydrogens (tertiary/aromatic N) is 1. The van der Waals surface area contributed by atoms with Crippen molar-refractivity contribution in [2.75, 3.05) is 14.2 Å². The summed E-state index contributed by atoms with van der Waals surface area (Å²) in [5.74, 6) is 0.758. The standard InChI is InChI=1S/C19H17NO4/c1-22-17-9-7-14(18(11-17)23-2)8-10-19(21)24-13-16-6-4-3-5-15(16)12-20/h3-11H,13H2,1-2H3. The van der Waals surface area contributed by atoms with E-state index in [-0.39, 0.29) is 6.61 Å². The van der Waals surface area contributed by atoms with Gasteiger partial charge in [0, 0.05) is 23.3 Å². The van der Waals surface area contributed by atoms with Gasteiger partial charge in [-0.3, -0.25) is 0 Å². The van der Waals surface area contributed by atoms with Gasteiger partial charge in [0.1, 0.15) is 18.1 Å². The first-order valence-corrected chi connectivity index (χ1v) is 7.22. The molecule has 0 bridgehead atoms. The third-order valence-corrected chi connectivity index (χ3v) is 3.35. The first-order chi connectivity index (χ1) is 11.7. The van der Waals surface area contributed by atoms with Gasteiger partial charge in [0.15, 0.2) is 0 Å². The zero-order valence-corrected chi connectivity index (χ0v) is 13.5. The second-order valence-corrected chi connectivity index (χ2v) is 4.82. The largest absolute Gasteiger partial charge is 0.497 e. The number of nitriles is 1. The van der Waals surface area contributed by atoms with E-state index in [1.54, 1.807) is 62.8 Å². The molecule has 2 aromatic carbocycles. The van der Waals surface area contributed by atoms with Crippen LogP contribution in [0, 0.1) is 11.3 Å². The fourth-order valence-electron chi connectivity index (χ4n) is 2.07. The van der Waals surface area contributed by atoms with Crippen LogP contribution in [0.5, 0.6) is 11.5 Å². The van der Waals surface area contributed by atoms with Gasteiger partial charge in [-0.1, -0.05) is 18.2 Å². The van der Waals surface area contributed by atoms with E-state index in [1.165, 1.54) is 6.08 Å². The summed E-state index contributed by atoms with van der Waals surface area (Å²) in [4.78, 5) is 11.9. The maximum atomic E-state index is 11.9. The lowest BCUT2D eigenvalue weighted by Crippen LogP contribution is -2.02. The Balaban J connectivity index is 2.02. The molecule has 5 nitrogen and oxygen atoms in total. The van der Waals surface area contributed by atoms with Gasteiger partial charge in [-0.25, -0.2) is 4.79 Å². The summed E-state index contributed by atoms with van der Waals surface area (Å²) in [6.45, 7) is 0.0483. The Morgan fingerprint density at radius 1 is 1.17 bits per heavy atom. The highest BCUT2D eigenvalue weighted by molar-refractivity contribution is 5.87. The van der Waals surface area contributed by atoms with Gasteiger partial charge in [-0.15, -0.1) is 0 Å². The molecule has 0 aromatic heterocycles. The van der Waals surface area contributed by atoms with Crippen molar-refractivity contribution in [1.29, 1.82) is 5.26 Å². The number of benzene rings is 2. The quantitative estimate of drug-likeness (QED) is 0.602. The lowest BCUT2D eigenvalue weighted by atomic mass is 10.1. The van der Waals surface area contributed by atoms with E-state index < -0.39 is 5.97 Å². The van der Waals surface area contributed by atoms with Gasteiger partial charge in [0.05, 0.1) is 25.9 Å². The number of methoxy groups -OCH3 is 2. The minimum atomic E-state index is -0.499. The highest BCUT2D eigenvalue weighted by Gasteiger charge is 2.05. The Hall–Kier alpha value is -3.26. The topological polar surface area (TPSA) is 68.5 Å². The van der Waals surface area contributed by atoms with Crippen molar-refractivity contribution in [2.45, 2.75) is 6.61 Å². The van der Waals surface area contributed by atoms with Crippen LogP contribution in [0.25, 0.3) is 6.08 Å². The van der Waals surface area contributed by atoms with E-state index in [9.17, 15) is 4.79 Å². The van der Waals surface area contributed by atoms with Gasteiger partial charge < -0.3 is 14.2 Å². The number of esters is 1. The van der Waals surface area contributed by atoms with E-state index in [0.717, 1.165) is 5.56 Å². The molecule has 2 rings (SSSR count). The number of hydrogen-bond acceptors (Lipinski definition) is 5. The summed E-state index contributed by atoms with van der Waals surface area (Å²) in [7, 11) is 3.12. The maximum absolute atomic E-state index is 11.9. The molecule has 2 aromatic rings. The average Bonchev–Trinajstić information content (AvgIpc) is 2.64. The number of rotatable bonds is 6. The van der Waals surface area contributed by atoms with Crippen molar-refractivity contribution in [3.8, 4) is 17.6 Å². The molecule has 0 saturated carbocycles. The average molecular weight is 323 g/mol. The predicted molar refractivity (Wildman–Crippen MR) is 89.5 cm³/mol. The van der Waals surface area contributed by atoms with Crippen molar-refractivity contribution < 1.29 is 19.0 Å². The SMILES string of the molecule is COc1ccc(C=CC(=O)OCc2ccccc2C#N)c(OC)c1. The number of carbonyl (C=O) groups excluding carboxylic acids is 1. The van der Waals surface area contributed by atoms with Crippen LogP contribution >= 0.6 is 0 Å². The zero-order chi connectivity index (χ0) is 17.4. The number of ether oxygens (including phenoxy) is 3. The Labute approximate surface area is 140 Å². The molecular formula is C19H17NO4. The Bertz CT molecular complexity index is 790. The van der Waals surface area contributed by atoms with Crippen LogP contribution in [0.15, 0.2) is 48.5 Å². The van der Waals surface area contributed by atoms with Crippen LogP contribution in [0.4, 0.5) is 0 Å². The van der Waals surface area contributed by atoms with Crippen molar-refractivity contribution in [1.82, 2.24) is 0 Å². The molecular weight excluding hydrogens is 306 g/mol. The lowest BCUT2D eigenvalue weighted by molar-refractivity contribution is -0.138. The van der Waals surface area contributed by atoms with Crippen molar-refractivity contribution in [3.05, 3.63) is 65.2 Å². The molecule has 0 unspecified atom stereocenters. The molecule has 0 amide bonds. The Morgan fingerprint density at radius 2 is 1.96 bits per heavy atom. The van der Waals surface area contributed by atoms with Gasteiger partial charge in [-0.05, 0) is 24.3 Å². The molecule has 0 fully saturated rings. The maximum Gasteiger partial charge on any atom is 0.331 e. The third kappa shape index (κ3) is 4.37. The summed E-state index contributed by atoms with van der Waals surface area (Å²) < 4.78 is 15.6. The van der Waals surface area contributed by atoms with Gasteiger partial charge in [0.25, 0.3) is 0 Å². The third-order valence-electron chi connectivity index (χ3n) is 3.35. The fourth-order valence-corrected chi connectivity index (χ4v) is 2.07. The second kappa shape index (κ2) is 8.39. The number of hydrogen-bond donors (Lipinski definition) is 0. The molecule has 0 aliphatic heterocycles. The van der Waals surface area contributed by atoms with Crippen LogP contribution in [-0.2, 0) is 16.1 Å². The lowest BCUT2D eigenvalue weighted by Gasteiger charge is -2.07. The number of carbonyl (C=O) groups is 1. The zero-order valence-electron chi connectivity index (χ0n) is 13.5. The Kier molecular flexibility index (Phi) is 5.98. The molecule has 5 heteroatoms. The molecule has 0 saturated heterocycles. The molecule has 0 aliphatic rings. The normalized spacial score (nSPS) is 10.2. The summed E-state index contributed by atoms with van der Waals surface area (Å²) in [5.41, 5.74) is 1.89. The van der Waals surface area contributed by atoms with Gasteiger partial charge in [0.2, 0.25) is 0 Å². The van der Waals surface area contributed by atoms with Crippen LogP contribution in [0.3, 0.4) is 0 Å². The van der Waals surface area contributed by atoms with Crippen LogP contribution in [0.2, 0.25) is 0 Å². The van der Waals surface area contributed by atoms with Gasteiger partial charge in [-0.2, -0.15) is 5.26 Å². The van der Waals surface area contributed by atoms with Crippen LogP contribution in [0.1, 0.15) is 16.7 Å². The van der Waals surface area contributed by atoms with Gasteiger partial charge >= 0.3 is 5.97 Å². The summed E-state index contributed by atoms with van der Waals surface area (Å²) in [5, 5.41) is 9.01. The first kappa shape index (κ1) is 17.1. The predicted octanol–water partition coefficient (Wildman–Crippen LogP) is 3.33. The highest BCUT2D eigenvalue weighted by Crippen LogP contribution is 2.25. The van der Waals surface area contributed by atoms with E-state index in [2.05, 4.69) is 6.07 Å². The molecule has 0 aliphatic carbocycles. The molecule has 0 radical (unpaired) electrons. The molecule has 122 valence electrons.